The van der Waals surface area contributed by atoms with Crippen LogP contribution in [0.5, 0.6) is 0 Å². The second-order valence-electron chi connectivity index (χ2n) is 9.09. The van der Waals surface area contributed by atoms with Crippen molar-refractivity contribution in [3.63, 3.8) is 0 Å². The number of anilines is 1. The zero-order valence-corrected chi connectivity index (χ0v) is 22.5. The van der Waals surface area contributed by atoms with E-state index in [0.717, 1.165) is 11.1 Å². The summed E-state index contributed by atoms with van der Waals surface area (Å²) < 4.78 is 27.0. The van der Waals surface area contributed by atoms with Crippen molar-refractivity contribution in [1.82, 2.24) is 9.73 Å². The maximum atomic E-state index is 12.8. The monoisotopic (exact) mass is 552 g/mol. The van der Waals surface area contributed by atoms with Gasteiger partial charge < -0.3 is 5.32 Å². The van der Waals surface area contributed by atoms with Crippen molar-refractivity contribution in [3.8, 4) is 0 Å². The van der Waals surface area contributed by atoms with Gasteiger partial charge in [-0.1, -0.05) is 54.1 Å². The Bertz CT molecular complexity index is 1400. The van der Waals surface area contributed by atoms with E-state index in [1.54, 1.807) is 61.5 Å². The van der Waals surface area contributed by atoms with Crippen LogP contribution in [0.25, 0.3) is 0 Å². The molecule has 0 saturated carbocycles. The molecule has 1 aliphatic rings. The molecular weight excluding hydrogens is 524 g/mol. The van der Waals surface area contributed by atoms with Crippen molar-refractivity contribution in [3.05, 3.63) is 95.0 Å². The Morgan fingerprint density at radius 2 is 1.58 bits per heavy atom. The number of hydrogen-bond acceptors (Lipinski definition) is 5. The lowest BCUT2D eigenvalue weighted by molar-refractivity contribution is -0.126. The molecule has 3 aromatic carbocycles. The number of benzene rings is 3. The molecule has 2 amide bonds. The fraction of sp³-hybridized carbons (Fsp3) is 0.250. The highest BCUT2D eigenvalue weighted by Gasteiger charge is 2.32. The van der Waals surface area contributed by atoms with Gasteiger partial charge in [0.2, 0.25) is 21.8 Å². The molecule has 1 heterocycles. The van der Waals surface area contributed by atoms with Crippen LogP contribution in [0.3, 0.4) is 0 Å². The molecule has 0 atom stereocenters. The highest BCUT2D eigenvalue weighted by atomic mass is 35.5. The molecule has 0 radical (unpaired) electrons. The standard InChI is InChI=1S/C28H29ClN4O4S/c1-20(22-9-13-25(14-10-22)30-27(34)19-21-7-11-24(29)12-8-21)31-32-28(35)23-15-17-33(18-16-23)38(36,37)26-5-3-2-4-6-26/h2-14,23H,15-19H2,1H3,(H,30,34)(H,32,35)/b31-20-. The first-order valence-corrected chi connectivity index (χ1v) is 14.1. The predicted molar refractivity (Wildman–Crippen MR) is 149 cm³/mol. The Labute approximate surface area is 227 Å². The fourth-order valence-electron chi connectivity index (χ4n) is 4.18. The lowest BCUT2D eigenvalue weighted by Crippen LogP contribution is -2.42. The molecule has 0 aliphatic carbocycles. The van der Waals surface area contributed by atoms with Crippen LogP contribution in [0.4, 0.5) is 5.69 Å². The first-order valence-electron chi connectivity index (χ1n) is 12.3. The second-order valence-corrected chi connectivity index (χ2v) is 11.5. The lowest BCUT2D eigenvalue weighted by atomic mass is 9.98. The summed E-state index contributed by atoms with van der Waals surface area (Å²) >= 11 is 5.88. The summed E-state index contributed by atoms with van der Waals surface area (Å²) in [5.41, 5.74) is 5.55. The van der Waals surface area contributed by atoms with E-state index >= 15 is 0 Å². The van der Waals surface area contributed by atoms with Crippen LogP contribution >= 0.6 is 11.6 Å². The molecule has 0 aromatic heterocycles. The Morgan fingerprint density at radius 3 is 2.21 bits per heavy atom. The number of sulfonamides is 1. The number of nitrogens with zero attached hydrogens (tertiary/aromatic N) is 2. The molecule has 0 bridgehead atoms. The minimum absolute atomic E-state index is 0.139. The smallest absolute Gasteiger partial charge is 0.243 e. The van der Waals surface area contributed by atoms with Gasteiger partial charge in [-0.15, -0.1) is 0 Å². The van der Waals surface area contributed by atoms with Crippen molar-refractivity contribution in [2.24, 2.45) is 11.0 Å². The zero-order chi connectivity index (χ0) is 27.1. The average molecular weight is 553 g/mol. The minimum Gasteiger partial charge on any atom is -0.326 e. The molecule has 2 N–H and O–H groups in total. The van der Waals surface area contributed by atoms with E-state index in [2.05, 4.69) is 15.8 Å². The molecule has 38 heavy (non-hydrogen) atoms. The lowest BCUT2D eigenvalue weighted by Gasteiger charge is -2.30. The Hall–Kier alpha value is -3.53. The molecule has 3 aromatic rings. The van der Waals surface area contributed by atoms with Gasteiger partial charge in [-0.3, -0.25) is 9.59 Å². The van der Waals surface area contributed by atoms with E-state index in [4.69, 9.17) is 11.6 Å². The van der Waals surface area contributed by atoms with Gasteiger partial charge >= 0.3 is 0 Å². The van der Waals surface area contributed by atoms with Gasteiger partial charge in [0.15, 0.2) is 0 Å². The normalized spacial score (nSPS) is 15.2. The number of hydrazone groups is 1. The average Bonchev–Trinajstić information content (AvgIpc) is 2.93. The molecule has 4 rings (SSSR count). The molecule has 1 aliphatic heterocycles. The number of halogens is 1. The number of carbonyl (C=O) groups is 2. The van der Waals surface area contributed by atoms with Crippen LogP contribution in [0.1, 0.15) is 30.9 Å². The number of piperidine rings is 1. The van der Waals surface area contributed by atoms with Gasteiger partial charge in [0.25, 0.3) is 0 Å². The van der Waals surface area contributed by atoms with Crippen LogP contribution in [0.2, 0.25) is 5.02 Å². The minimum atomic E-state index is -3.56. The largest absolute Gasteiger partial charge is 0.326 e. The SMILES string of the molecule is C/C(=N/NC(=O)C1CCN(S(=O)(=O)c2ccccc2)CC1)c1ccc(NC(=O)Cc2ccc(Cl)cc2)cc1. The van der Waals surface area contributed by atoms with E-state index < -0.39 is 10.0 Å². The number of rotatable bonds is 8. The van der Waals surface area contributed by atoms with Gasteiger partial charge in [-0.25, -0.2) is 13.8 Å². The molecular formula is C28H29ClN4O4S. The van der Waals surface area contributed by atoms with E-state index in [0.29, 0.717) is 29.3 Å². The van der Waals surface area contributed by atoms with Crippen molar-refractivity contribution in [1.29, 1.82) is 0 Å². The van der Waals surface area contributed by atoms with Crippen LogP contribution in [-0.2, 0) is 26.0 Å². The van der Waals surface area contributed by atoms with E-state index in [1.807, 2.05) is 24.3 Å². The van der Waals surface area contributed by atoms with Crippen molar-refractivity contribution < 1.29 is 18.0 Å². The third kappa shape index (κ3) is 7.06. The zero-order valence-electron chi connectivity index (χ0n) is 20.9. The molecule has 10 heteroatoms. The van der Waals surface area contributed by atoms with Gasteiger partial charge in [-0.2, -0.15) is 9.41 Å². The number of hydrogen-bond donors (Lipinski definition) is 2. The maximum Gasteiger partial charge on any atom is 0.243 e. The first-order chi connectivity index (χ1) is 18.2. The molecule has 0 spiro atoms. The molecule has 0 unspecified atom stereocenters. The third-order valence-corrected chi connectivity index (χ3v) is 8.57. The second kappa shape index (κ2) is 12.3. The summed E-state index contributed by atoms with van der Waals surface area (Å²) in [5.74, 6) is -0.681. The Kier molecular flexibility index (Phi) is 8.93. The Balaban J connectivity index is 1.26. The molecule has 8 nitrogen and oxygen atoms in total. The van der Waals surface area contributed by atoms with E-state index in [9.17, 15) is 18.0 Å². The summed E-state index contributed by atoms with van der Waals surface area (Å²) in [6, 6.07) is 22.6. The number of amides is 2. The first kappa shape index (κ1) is 27.5. The van der Waals surface area contributed by atoms with Crippen molar-refractivity contribution in [2.45, 2.75) is 31.1 Å². The van der Waals surface area contributed by atoms with Crippen molar-refractivity contribution >= 4 is 44.8 Å². The molecule has 198 valence electrons. The predicted octanol–water partition coefficient (Wildman–Crippen LogP) is 4.46. The van der Waals surface area contributed by atoms with Crippen LogP contribution in [-0.4, -0.2) is 43.3 Å². The highest BCUT2D eigenvalue weighted by Crippen LogP contribution is 2.24. The highest BCUT2D eigenvalue weighted by molar-refractivity contribution is 7.89. The van der Waals surface area contributed by atoms with Gasteiger partial charge in [-0.05, 0) is 67.3 Å². The summed E-state index contributed by atoms with van der Waals surface area (Å²) in [6.07, 6.45) is 1.09. The van der Waals surface area contributed by atoms with E-state index in [-0.39, 0.29) is 42.1 Å². The summed E-state index contributed by atoms with van der Waals surface area (Å²) in [6.45, 7) is 2.34. The number of carbonyl (C=O) groups excluding carboxylic acids is 2. The third-order valence-electron chi connectivity index (χ3n) is 6.40. The quantitative estimate of drug-likeness (QED) is 0.318. The van der Waals surface area contributed by atoms with Crippen LogP contribution in [0, 0.1) is 5.92 Å². The van der Waals surface area contributed by atoms with Crippen LogP contribution in [0.15, 0.2) is 88.9 Å². The topological polar surface area (TPSA) is 108 Å². The maximum absolute atomic E-state index is 12.8. The van der Waals surface area contributed by atoms with Gasteiger partial charge in [0.1, 0.15) is 0 Å². The van der Waals surface area contributed by atoms with Gasteiger partial charge in [0, 0.05) is 29.7 Å². The van der Waals surface area contributed by atoms with Crippen LogP contribution < -0.4 is 10.7 Å². The molecule has 1 fully saturated rings. The summed E-state index contributed by atoms with van der Waals surface area (Å²) in [4.78, 5) is 25.2. The van der Waals surface area contributed by atoms with Crippen molar-refractivity contribution in [2.75, 3.05) is 18.4 Å². The summed E-state index contributed by atoms with van der Waals surface area (Å²) in [7, 11) is -3.56. The molecule has 1 saturated heterocycles. The summed E-state index contributed by atoms with van der Waals surface area (Å²) in [5, 5.41) is 7.71. The Morgan fingerprint density at radius 1 is 0.947 bits per heavy atom. The fourth-order valence-corrected chi connectivity index (χ4v) is 5.80. The van der Waals surface area contributed by atoms with Gasteiger partial charge in [0.05, 0.1) is 17.0 Å². The van der Waals surface area contributed by atoms with E-state index in [1.165, 1.54) is 4.31 Å². The number of nitrogens with one attached hydrogen (secondary N) is 2.